The third-order valence-electron chi connectivity index (χ3n) is 7.05. The number of benzene rings is 1. The van der Waals surface area contributed by atoms with Crippen molar-refractivity contribution in [1.29, 1.82) is 0 Å². The predicted octanol–water partition coefficient (Wildman–Crippen LogP) is 2.41. The molecule has 0 bridgehead atoms. The zero-order chi connectivity index (χ0) is 20.8. The highest BCUT2D eigenvalue weighted by Gasteiger charge is 2.60. The zero-order valence-corrected chi connectivity index (χ0v) is 17.1. The smallest absolute Gasteiger partial charge is 0.337 e. The van der Waals surface area contributed by atoms with Crippen LogP contribution < -0.4 is 5.32 Å². The predicted molar refractivity (Wildman–Crippen MR) is 107 cm³/mol. The van der Waals surface area contributed by atoms with Gasteiger partial charge in [-0.25, -0.2) is 4.79 Å². The minimum Gasteiger partial charge on any atom is -0.508 e. The van der Waals surface area contributed by atoms with Crippen molar-refractivity contribution in [2.75, 3.05) is 32.6 Å². The van der Waals surface area contributed by atoms with Crippen molar-refractivity contribution >= 4 is 17.6 Å². The topological polar surface area (TPSA) is 88.1 Å². The number of amides is 1. The molecule has 3 aliphatic rings. The number of nitrogens with zero attached hydrogens (tertiary/aromatic N) is 1. The summed E-state index contributed by atoms with van der Waals surface area (Å²) in [6.45, 7) is 3.79. The molecule has 0 aliphatic carbocycles. The van der Waals surface area contributed by atoms with Crippen LogP contribution in [0.25, 0.3) is 0 Å². The van der Waals surface area contributed by atoms with E-state index in [2.05, 4.69) is 17.1 Å². The Morgan fingerprint density at radius 2 is 2.21 bits per heavy atom. The van der Waals surface area contributed by atoms with Gasteiger partial charge in [0.15, 0.2) is 0 Å². The highest BCUT2D eigenvalue weighted by atomic mass is 16.5. The standard InChI is InChI=1S/C22H28N2O5/c1-4-13-11-24-8-7-22(17-6-5-14(25)9-18(17)23-21(22)27)19(24)10-15(13)16(12-28-2)20(26)29-3/h5-6,9,12-13,15,19,25H,4,7-8,10-11H2,1-3H3,(H,23,27)/b16-12+/t13-,15-,19-,22+/m0/s1. The lowest BCUT2D eigenvalue weighted by molar-refractivity contribution is -0.137. The van der Waals surface area contributed by atoms with E-state index in [0.29, 0.717) is 17.7 Å². The number of hydrogen-bond acceptors (Lipinski definition) is 6. The second kappa shape index (κ2) is 7.37. The molecule has 2 N–H and O–H groups in total. The maximum Gasteiger partial charge on any atom is 0.337 e. The Balaban J connectivity index is 1.74. The molecule has 3 aliphatic heterocycles. The summed E-state index contributed by atoms with van der Waals surface area (Å²) in [5.41, 5.74) is 1.50. The van der Waals surface area contributed by atoms with Crippen molar-refractivity contribution in [3.8, 4) is 5.75 Å². The molecular weight excluding hydrogens is 372 g/mol. The van der Waals surface area contributed by atoms with Crippen LogP contribution in [0.5, 0.6) is 5.75 Å². The summed E-state index contributed by atoms with van der Waals surface area (Å²) >= 11 is 0. The van der Waals surface area contributed by atoms with Gasteiger partial charge in [0.2, 0.25) is 5.91 Å². The summed E-state index contributed by atoms with van der Waals surface area (Å²) in [6.07, 6.45) is 3.83. The van der Waals surface area contributed by atoms with Gasteiger partial charge in [-0.15, -0.1) is 0 Å². The molecule has 0 radical (unpaired) electrons. The monoisotopic (exact) mass is 400 g/mol. The van der Waals surface area contributed by atoms with Gasteiger partial charge in [-0.1, -0.05) is 19.4 Å². The molecule has 0 unspecified atom stereocenters. The second-order valence-electron chi connectivity index (χ2n) is 8.23. The van der Waals surface area contributed by atoms with Crippen LogP contribution in [0.3, 0.4) is 0 Å². The number of esters is 1. The van der Waals surface area contributed by atoms with Gasteiger partial charge in [0.25, 0.3) is 0 Å². The van der Waals surface area contributed by atoms with E-state index < -0.39 is 5.41 Å². The summed E-state index contributed by atoms with van der Waals surface area (Å²) in [5, 5.41) is 12.8. The van der Waals surface area contributed by atoms with Gasteiger partial charge < -0.3 is 19.9 Å². The Morgan fingerprint density at radius 1 is 1.41 bits per heavy atom. The first-order chi connectivity index (χ1) is 14.0. The van der Waals surface area contributed by atoms with Gasteiger partial charge in [0.1, 0.15) is 5.75 Å². The van der Waals surface area contributed by atoms with Crippen molar-refractivity contribution in [2.45, 2.75) is 37.6 Å². The SMILES string of the molecule is CC[C@H]1CN2CC[C@]3(C(=O)Nc4cc(O)ccc43)[C@@H]2C[C@@H]1/C(=C\OC)C(=O)OC. The van der Waals surface area contributed by atoms with Gasteiger partial charge in [-0.05, 0) is 42.9 Å². The molecule has 1 aromatic carbocycles. The lowest BCUT2D eigenvalue weighted by Gasteiger charge is -2.45. The minimum absolute atomic E-state index is 0.0189. The molecule has 7 nitrogen and oxygen atoms in total. The number of nitrogens with one attached hydrogen (secondary N) is 1. The van der Waals surface area contributed by atoms with Crippen molar-refractivity contribution in [2.24, 2.45) is 11.8 Å². The fourth-order valence-electron chi connectivity index (χ4n) is 5.67. The lowest BCUT2D eigenvalue weighted by Crippen LogP contribution is -2.53. The molecule has 29 heavy (non-hydrogen) atoms. The average Bonchev–Trinajstić information content (AvgIpc) is 3.22. The minimum atomic E-state index is -0.658. The Labute approximate surface area is 170 Å². The van der Waals surface area contributed by atoms with Crippen LogP contribution in [0.1, 0.15) is 31.7 Å². The highest BCUT2D eigenvalue weighted by Crippen LogP contribution is 2.53. The number of rotatable bonds is 4. The van der Waals surface area contributed by atoms with E-state index in [1.165, 1.54) is 20.5 Å². The number of phenols is 1. The number of piperidine rings is 1. The van der Waals surface area contributed by atoms with Crippen LogP contribution >= 0.6 is 0 Å². The summed E-state index contributed by atoms with van der Waals surface area (Å²) in [4.78, 5) is 28.1. The molecule has 1 spiro atoms. The van der Waals surface area contributed by atoms with Gasteiger partial charge >= 0.3 is 5.97 Å². The number of phenolic OH excluding ortho intramolecular Hbond substituents is 1. The maximum atomic E-state index is 13.2. The Bertz CT molecular complexity index is 867. The van der Waals surface area contributed by atoms with Crippen LogP contribution in [0.2, 0.25) is 0 Å². The van der Waals surface area contributed by atoms with Crippen LogP contribution in [0, 0.1) is 11.8 Å². The van der Waals surface area contributed by atoms with Crippen molar-refractivity contribution in [3.05, 3.63) is 35.6 Å². The highest BCUT2D eigenvalue weighted by molar-refractivity contribution is 6.07. The van der Waals surface area contributed by atoms with Crippen LogP contribution in [0.15, 0.2) is 30.0 Å². The first kappa shape index (κ1) is 19.8. The summed E-state index contributed by atoms with van der Waals surface area (Å²) < 4.78 is 10.2. The first-order valence-corrected chi connectivity index (χ1v) is 10.2. The summed E-state index contributed by atoms with van der Waals surface area (Å²) in [5.74, 6) is -0.0191. The summed E-state index contributed by atoms with van der Waals surface area (Å²) in [6, 6.07) is 5.10. The fraction of sp³-hybridized carbons (Fsp3) is 0.545. The van der Waals surface area contributed by atoms with Crippen molar-refractivity contribution in [1.82, 2.24) is 4.90 Å². The van der Waals surface area contributed by atoms with Gasteiger partial charge in [-0.2, -0.15) is 0 Å². The lowest BCUT2D eigenvalue weighted by atomic mass is 9.67. The second-order valence-corrected chi connectivity index (χ2v) is 8.23. The first-order valence-electron chi connectivity index (χ1n) is 10.2. The maximum absolute atomic E-state index is 13.2. The number of ether oxygens (including phenoxy) is 2. The molecule has 4 atom stereocenters. The van der Waals surface area contributed by atoms with Crippen molar-refractivity contribution in [3.63, 3.8) is 0 Å². The van der Waals surface area contributed by atoms with E-state index in [9.17, 15) is 14.7 Å². The molecule has 2 fully saturated rings. The van der Waals surface area contributed by atoms with E-state index in [0.717, 1.165) is 31.5 Å². The van der Waals surface area contributed by atoms with Crippen molar-refractivity contribution < 1.29 is 24.2 Å². The Morgan fingerprint density at radius 3 is 2.90 bits per heavy atom. The molecule has 0 saturated carbocycles. The molecule has 7 heteroatoms. The van der Waals surface area contributed by atoms with E-state index in [1.807, 2.05) is 6.07 Å². The largest absolute Gasteiger partial charge is 0.508 e. The number of fused-ring (bicyclic) bond motifs is 4. The third-order valence-corrected chi connectivity index (χ3v) is 7.05. The molecule has 4 rings (SSSR count). The van der Waals surface area contributed by atoms with E-state index >= 15 is 0 Å². The average molecular weight is 400 g/mol. The molecule has 2 saturated heterocycles. The van der Waals surface area contributed by atoms with Gasteiger partial charge in [0.05, 0.1) is 31.5 Å². The van der Waals surface area contributed by atoms with E-state index in [1.54, 1.807) is 12.1 Å². The third kappa shape index (κ3) is 2.90. The van der Waals surface area contributed by atoms with Gasteiger partial charge in [0, 0.05) is 24.3 Å². The van der Waals surface area contributed by atoms with Crippen LogP contribution in [-0.4, -0.2) is 55.2 Å². The van der Waals surface area contributed by atoms with Crippen LogP contribution in [0.4, 0.5) is 5.69 Å². The fourth-order valence-corrected chi connectivity index (χ4v) is 5.67. The molecular formula is C22H28N2O5. The quantitative estimate of drug-likeness (QED) is 0.458. The normalized spacial score (nSPS) is 31.3. The van der Waals surface area contributed by atoms with E-state index in [4.69, 9.17) is 9.47 Å². The van der Waals surface area contributed by atoms with Gasteiger partial charge in [-0.3, -0.25) is 9.69 Å². The molecule has 3 heterocycles. The Hall–Kier alpha value is -2.54. The zero-order valence-electron chi connectivity index (χ0n) is 17.1. The number of carbonyl (C=O) groups is 2. The number of anilines is 1. The van der Waals surface area contributed by atoms with Crippen LogP contribution in [-0.2, 0) is 24.5 Å². The molecule has 1 amide bonds. The number of hydrogen-bond donors (Lipinski definition) is 2. The Kier molecular flexibility index (Phi) is 5.02. The molecule has 156 valence electrons. The molecule has 1 aromatic rings. The number of methoxy groups -OCH3 is 2. The molecule has 0 aromatic heterocycles. The summed E-state index contributed by atoms with van der Waals surface area (Å²) in [7, 11) is 2.91. The number of aromatic hydroxyl groups is 1. The number of carbonyl (C=O) groups excluding carboxylic acids is 2. The van der Waals surface area contributed by atoms with E-state index in [-0.39, 0.29) is 35.5 Å².